The molecule has 0 fully saturated rings. The van der Waals surface area contributed by atoms with E-state index in [0.717, 1.165) is 21.5 Å². The van der Waals surface area contributed by atoms with Crippen LogP contribution in [0.2, 0.25) is 0 Å². The van der Waals surface area contributed by atoms with Crippen molar-refractivity contribution in [1.82, 2.24) is 9.78 Å². The van der Waals surface area contributed by atoms with Crippen molar-refractivity contribution < 1.29 is 4.74 Å². The monoisotopic (exact) mass is 337 g/mol. The van der Waals surface area contributed by atoms with E-state index in [2.05, 4.69) is 34.9 Å². The molecule has 0 aliphatic heterocycles. The van der Waals surface area contributed by atoms with E-state index < -0.39 is 0 Å². The number of nitrogens with two attached hydrogens (primary N) is 1. The molecular formula is C15H20BrN3O. The van der Waals surface area contributed by atoms with E-state index in [9.17, 15) is 0 Å². The third-order valence-electron chi connectivity index (χ3n) is 3.22. The molecule has 0 radical (unpaired) electrons. The molecule has 108 valence electrons. The quantitative estimate of drug-likeness (QED) is 0.908. The normalized spacial score (nSPS) is 12.7. The van der Waals surface area contributed by atoms with Gasteiger partial charge in [0.05, 0.1) is 12.8 Å². The van der Waals surface area contributed by atoms with Crippen LogP contribution in [0.1, 0.15) is 37.2 Å². The second kappa shape index (κ2) is 6.41. The Balaban J connectivity index is 2.16. The number of halogens is 1. The van der Waals surface area contributed by atoms with Crippen molar-refractivity contribution in [3.63, 3.8) is 0 Å². The first-order chi connectivity index (χ1) is 9.51. The molecule has 1 aromatic heterocycles. The highest BCUT2D eigenvalue weighted by atomic mass is 79.9. The summed E-state index contributed by atoms with van der Waals surface area (Å²) < 4.78 is 8.19. The Morgan fingerprint density at radius 3 is 2.70 bits per heavy atom. The minimum Gasteiger partial charge on any atom is -0.497 e. The number of aromatic nitrogens is 2. The summed E-state index contributed by atoms with van der Waals surface area (Å²) in [6, 6.07) is 8.11. The molecule has 0 spiro atoms. The van der Waals surface area contributed by atoms with Crippen LogP contribution in [0, 0.1) is 0 Å². The van der Waals surface area contributed by atoms with Gasteiger partial charge in [0.1, 0.15) is 5.75 Å². The Morgan fingerprint density at radius 2 is 2.10 bits per heavy atom. The average Bonchev–Trinajstić information content (AvgIpc) is 2.88. The zero-order valence-corrected chi connectivity index (χ0v) is 13.6. The number of methoxy groups -OCH3 is 1. The molecule has 1 aromatic carbocycles. The fourth-order valence-corrected chi connectivity index (χ4v) is 2.58. The zero-order chi connectivity index (χ0) is 14.7. The van der Waals surface area contributed by atoms with Crippen LogP contribution < -0.4 is 10.5 Å². The summed E-state index contributed by atoms with van der Waals surface area (Å²) in [5, 5.41) is 4.54. The molecule has 0 saturated carbocycles. The van der Waals surface area contributed by atoms with Gasteiger partial charge in [-0.05, 0) is 43.7 Å². The lowest BCUT2D eigenvalue weighted by Gasteiger charge is -2.14. The molecule has 4 nitrogen and oxygen atoms in total. The summed E-state index contributed by atoms with van der Waals surface area (Å²) in [7, 11) is 1.66. The van der Waals surface area contributed by atoms with Crippen molar-refractivity contribution in [2.75, 3.05) is 7.11 Å². The third-order valence-corrected chi connectivity index (χ3v) is 3.95. The lowest BCUT2D eigenvalue weighted by atomic mass is 10.0. The summed E-state index contributed by atoms with van der Waals surface area (Å²) >= 11 is 3.54. The second-order valence-corrected chi connectivity index (χ2v) is 5.93. The largest absolute Gasteiger partial charge is 0.497 e. The van der Waals surface area contributed by atoms with Crippen LogP contribution in [0.5, 0.6) is 5.75 Å². The fourth-order valence-electron chi connectivity index (χ4n) is 2.04. The van der Waals surface area contributed by atoms with Crippen molar-refractivity contribution in [3.05, 3.63) is 46.2 Å². The van der Waals surface area contributed by atoms with Crippen LogP contribution in [0.15, 0.2) is 34.9 Å². The number of nitrogens with zero attached hydrogens (tertiary/aromatic N) is 2. The Hall–Kier alpha value is -1.33. The van der Waals surface area contributed by atoms with Crippen molar-refractivity contribution >= 4 is 15.9 Å². The molecule has 0 aliphatic carbocycles. The predicted molar refractivity (Wildman–Crippen MR) is 83.9 cm³/mol. The van der Waals surface area contributed by atoms with Crippen molar-refractivity contribution in [1.29, 1.82) is 0 Å². The van der Waals surface area contributed by atoms with Gasteiger partial charge in [-0.1, -0.05) is 15.9 Å². The highest BCUT2D eigenvalue weighted by Gasteiger charge is 2.14. The molecule has 0 aliphatic rings. The first-order valence-electron chi connectivity index (χ1n) is 6.64. The SMILES string of the molecule is COc1ccc(Br)c(C(N)Cc2ccn(C(C)C)n2)c1. The molecular weight excluding hydrogens is 318 g/mol. The minimum absolute atomic E-state index is 0.116. The first kappa shape index (κ1) is 15.1. The highest BCUT2D eigenvalue weighted by molar-refractivity contribution is 9.10. The maximum Gasteiger partial charge on any atom is 0.119 e. The van der Waals surface area contributed by atoms with Gasteiger partial charge in [-0.15, -0.1) is 0 Å². The van der Waals surface area contributed by atoms with E-state index in [0.29, 0.717) is 12.5 Å². The summed E-state index contributed by atoms with van der Waals surface area (Å²) in [5.74, 6) is 0.811. The van der Waals surface area contributed by atoms with Gasteiger partial charge >= 0.3 is 0 Å². The number of hydrogen-bond donors (Lipinski definition) is 1. The van der Waals surface area contributed by atoms with E-state index in [4.69, 9.17) is 10.5 Å². The first-order valence-corrected chi connectivity index (χ1v) is 7.43. The summed E-state index contributed by atoms with van der Waals surface area (Å²) in [6.07, 6.45) is 2.69. The van der Waals surface area contributed by atoms with Gasteiger partial charge in [0.25, 0.3) is 0 Å². The predicted octanol–water partition coefficient (Wildman–Crippen LogP) is 3.48. The van der Waals surface area contributed by atoms with Gasteiger partial charge in [0.15, 0.2) is 0 Å². The van der Waals surface area contributed by atoms with Crippen molar-refractivity contribution in [2.45, 2.75) is 32.4 Å². The lowest BCUT2D eigenvalue weighted by molar-refractivity contribution is 0.413. The second-order valence-electron chi connectivity index (χ2n) is 5.08. The molecule has 2 N–H and O–H groups in total. The van der Waals surface area contributed by atoms with Crippen LogP contribution in [0.25, 0.3) is 0 Å². The van der Waals surface area contributed by atoms with Gasteiger partial charge < -0.3 is 10.5 Å². The molecule has 0 saturated heterocycles. The Bertz CT molecular complexity index is 580. The van der Waals surface area contributed by atoms with Crippen molar-refractivity contribution in [2.24, 2.45) is 5.73 Å². The summed E-state index contributed by atoms with van der Waals surface area (Å²) in [6.45, 7) is 4.21. The van der Waals surface area contributed by atoms with E-state index >= 15 is 0 Å². The third kappa shape index (κ3) is 3.41. The topological polar surface area (TPSA) is 53.1 Å². The lowest BCUT2D eigenvalue weighted by Crippen LogP contribution is -2.15. The van der Waals surface area contributed by atoms with E-state index in [1.54, 1.807) is 7.11 Å². The van der Waals surface area contributed by atoms with Gasteiger partial charge in [-0.3, -0.25) is 4.68 Å². The molecule has 2 rings (SSSR count). The van der Waals surface area contributed by atoms with Crippen LogP contribution in [0.4, 0.5) is 0 Å². The standard InChI is InChI=1S/C15H20BrN3O/c1-10(2)19-7-6-11(18-19)8-15(17)13-9-12(20-3)4-5-14(13)16/h4-7,9-10,15H,8,17H2,1-3H3. The van der Waals surface area contributed by atoms with Gasteiger partial charge in [0.2, 0.25) is 0 Å². The molecule has 20 heavy (non-hydrogen) atoms. The van der Waals surface area contributed by atoms with Gasteiger partial charge in [-0.2, -0.15) is 5.10 Å². The smallest absolute Gasteiger partial charge is 0.119 e. The van der Waals surface area contributed by atoms with E-state index in [-0.39, 0.29) is 6.04 Å². The average molecular weight is 338 g/mol. The molecule has 0 amide bonds. The van der Waals surface area contributed by atoms with E-state index in [1.807, 2.05) is 35.1 Å². The van der Waals surface area contributed by atoms with E-state index in [1.165, 1.54) is 0 Å². The summed E-state index contributed by atoms with van der Waals surface area (Å²) in [4.78, 5) is 0. The highest BCUT2D eigenvalue weighted by Crippen LogP contribution is 2.28. The maximum atomic E-state index is 6.30. The van der Waals surface area contributed by atoms with Crippen LogP contribution in [-0.2, 0) is 6.42 Å². The molecule has 1 unspecified atom stereocenters. The Morgan fingerprint density at radius 1 is 1.35 bits per heavy atom. The van der Waals surface area contributed by atoms with Crippen LogP contribution in [-0.4, -0.2) is 16.9 Å². The number of rotatable bonds is 5. The number of ether oxygens (including phenoxy) is 1. The number of hydrogen-bond acceptors (Lipinski definition) is 3. The molecule has 0 bridgehead atoms. The zero-order valence-electron chi connectivity index (χ0n) is 12.0. The minimum atomic E-state index is -0.116. The van der Waals surface area contributed by atoms with Crippen molar-refractivity contribution in [3.8, 4) is 5.75 Å². The van der Waals surface area contributed by atoms with Crippen LogP contribution in [0.3, 0.4) is 0 Å². The molecule has 1 heterocycles. The summed E-state index contributed by atoms with van der Waals surface area (Å²) in [5.41, 5.74) is 8.33. The van der Waals surface area contributed by atoms with Crippen LogP contribution >= 0.6 is 15.9 Å². The fraction of sp³-hybridized carbons (Fsp3) is 0.400. The maximum absolute atomic E-state index is 6.30. The molecule has 1 atom stereocenters. The van der Waals surface area contributed by atoms with Gasteiger partial charge in [-0.25, -0.2) is 0 Å². The Kier molecular flexibility index (Phi) is 4.83. The number of benzene rings is 1. The molecule has 5 heteroatoms. The van der Waals surface area contributed by atoms with Gasteiger partial charge in [0, 0.05) is 29.2 Å². The Labute approximate surface area is 128 Å². The molecule has 2 aromatic rings.